The monoisotopic (exact) mass is 233 g/mol. The molecule has 1 saturated heterocycles. The van der Waals surface area contributed by atoms with Gasteiger partial charge in [-0.25, -0.2) is 4.98 Å². The third-order valence-electron chi connectivity index (χ3n) is 2.16. The Bertz CT molecular complexity index is 268. The molecule has 1 fully saturated rings. The molecule has 2 heterocycles. The van der Waals surface area contributed by atoms with E-state index < -0.39 is 0 Å². The number of thiazole rings is 1. The van der Waals surface area contributed by atoms with Crippen LogP contribution < -0.4 is 0 Å². The molecular weight excluding hydrogens is 222 g/mol. The van der Waals surface area contributed by atoms with Gasteiger partial charge in [0.2, 0.25) is 0 Å². The summed E-state index contributed by atoms with van der Waals surface area (Å²) in [6, 6.07) is 0. The smallest absolute Gasteiger partial charge is 0.106 e. The van der Waals surface area contributed by atoms with Crippen molar-refractivity contribution < 1.29 is 0 Å². The highest BCUT2D eigenvalue weighted by molar-refractivity contribution is 7.99. The average Bonchev–Trinajstić information content (AvgIpc) is 2.67. The van der Waals surface area contributed by atoms with E-state index in [9.17, 15) is 0 Å². The molecule has 1 aliphatic heterocycles. The van der Waals surface area contributed by atoms with E-state index in [1.807, 2.05) is 11.8 Å². The Morgan fingerprint density at radius 1 is 1.54 bits per heavy atom. The fourth-order valence-electron chi connectivity index (χ4n) is 1.47. The van der Waals surface area contributed by atoms with Crippen LogP contribution in [0.2, 0.25) is 0 Å². The Labute approximate surface area is 91.9 Å². The van der Waals surface area contributed by atoms with Crippen molar-refractivity contribution in [1.29, 1.82) is 0 Å². The van der Waals surface area contributed by atoms with Gasteiger partial charge >= 0.3 is 0 Å². The lowest BCUT2D eigenvalue weighted by atomic mass is 10.2. The maximum atomic E-state index is 5.72. The summed E-state index contributed by atoms with van der Waals surface area (Å²) < 4.78 is 0. The summed E-state index contributed by atoms with van der Waals surface area (Å²) in [6.07, 6.45) is 4.02. The first-order chi connectivity index (χ1) is 6.40. The van der Waals surface area contributed by atoms with Gasteiger partial charge < -0.3 is 0 Å². The summed E-state index contributed by atoms with van der Waals surface area (Å²) in [4.78, 5) is 4.52. The molecule has 72 valence electrons. The summed E-state index contributed by atoms with van der Waals surface area (Å²) in [5.74, 6) is 1.84. The number of hydrogen-bond donors (Lipinski definition) is 0. The van der Waals surface area contributed by atoms with Gasteiger partial charge in [-0.3, -0.25) is 0 Å². The first-order valence-electron chi connectivity index (χ1n) is 4.52. The minimum absolute atomic E-state index is 0.549. The molecule has 0 bridgehead atoms. The average molecular weight is 234 g/mol. The van der Waals surface area contributed by atoms with Gasteiger partial charge in [0.25, 0.3) is 0 Å². The molecule has 0 saturated carbocycles. The molecule has 0 spiro atoms. The molecule has 0 aromatic carbocycles. The minimum Gasteiger partial charge on any atom is -0.244 e. The van der Waals surface area contributed by atoms with Crippen LogP contribution in [-0.4, -0.2) is 10.7 Å². The van der Waals surface area contributed by atoms with Crippen LogP contribution in [0.25, 0.3) is 0 Å². The lowest BCUT2D eigenvalue weighted by molar-refractivity contribution is 0.683. The zero-order valence-electron chi connectivity index (χ0n) is 7.33. The van der Waals surface area contributed by atoms with Crippen LogP contribution in [0.4, 0.5) is 0 Å². The SMILES string of the molecule is ClCc1csc(C2CCCCS2)n1. The fraction of sp³-hybridized carbons (Fsp3) is 0.667. The fourth-order valence-corrected chi connectivity index (χ4v) is 4.08. The second kappa shape index (κ2) is 4.67. The Morgan fingerprint density at radius 2 is 2.46 bits per heavy atom. The molecule has 1 aromatic heterocycles. The van der Waals surface area contributed by atoms with Gasteiger partial charge in [0.15, 0.2) is 0 Å². The van der Waals surface area contributed by atoms with Gasteiger partial charge in [-0.05, 0) is 18.6 Å². The molecule has 0 radical (unpaired) electrons. The summed E-state index contributed by atoms with van der Waals surface area (Å²) in [5.41, 5.74) is 1.04. The van der Waals surface area contributed by atoms with Gasteiger partial charge in [-0.2, -0.15) is 11.8 Å². The first kappa shape index (κ1) is 9.81. The Morgan fingerprint density at radius 3 is 3.08 bits per heavy atom. The number of halogens is 1. The zero-order valence-corrected chi connectivity index (χ0v) is 9.72. The normalized spacial score (nSPS) is 23.3. The maximum absolute atomic E-state index is 5.72. The maximum Gasteiger partial charge on any atom is 0.106 e. The van der Waals surface area contributed by atoms with Crippen molar-refractivity contribution in [1.82, 2.24) is 4.98 Å². The highest BCUT2D eigenvalue weighted by Gasteiger charge is 2.18. The quantitative estimate of drug-likeness (QED) is 0.720. The third kappa shape index (κ3) is 2.39. The molecule has 4 heteroatoms. The Kier molecular flexibility index (Phi) is 3.52. The van der Waals surface area contributed by atoms with Crippen LogP contribution in [0.5, 0.6) is 0 Å². The number of alkyl halides is 1. The number of rotatable bonds is 2. The summed E-state index contributed by atoms with van der Waals surface area (Å²) >= 11 is 9.53. The van der Waals surface area contributed by atoms with Crippen LogP contribution in [0.3, 0.4) is 0 Å². The standard InChI is InChI=1S/C9H12ClNS2/c10-5-7-6-13-9(11-7)8-3-1-2-4-12-8/h6,8H,1-5H2. The summed E-state index contributed by atoms with van der Waals surface area (Å²) in [5, 5.41) is 4.01. The largest absolute Gasteiger partial charge is 0.244 e. The van der Waals surface area contributed by atoms with Gasteiger partial charge in [0.1, 0.15) is 5.01 Å². The molecule has 1 nitrogen and oxygen atoms in total. The van der Waals surface area contributed by atoms with Crippen LogP contribution in [0.1, 0.15) is 35.2 Å². The van der Waals surface area contributed by atoms with Gasteiger partial charge in [-0.1, -0.05) is 6.42 Å². The molecule has 0 N–H and O–H groups in total. The van der Waals surface area contributed by atoms with E-state index in [1.54, 1.807) is 11.3 Å². The highest BCUT2D eigenvalue weighted by atomic mass is 35.5. The van der Waals surface area contributed by atoms with E-state index in [2.05, 4.69) is 10.4 Å². The summed E-state index contributed by atoms with van der Waals surface area (Å²) in [7, 11) is 0. The Hall–Kier alpha value is 0.270. The number of nitrogens with zero attached hydrogens (tertiary/aromatic N) is 1. The van der Waals surface area contributed by atoms with Crippen molar-refractivity contribution >= 4 is 34.7 Å². The lowest BCUT2D eigenvalue weighted by Gasteiger charge is -2.18. The number of hydrogen-bond acceptors (Lipinski definition) is 3. The molecule has 2 rings (SSSR count). The minimum atomic E-state index is 0.549. The second-order valence-electron chi connectivity index (χ2n) is 3.17. The molecule has 0 amide bonds. The molecule has 1 atom stereocenters. The number of aromatic nitrogens is 1. The lowest BCUT2D eigenvalue weighted by Crippen LogP contribution is -2.01. The molecule has 0 aliphatic carbocycles. The first-order valence-corrected chi connectivity index (χ1v) is 6.98. The Balaban J connectivity index is 2.05. The van der Waals surface area contributed by atoms with E-state index in [0.29, 0.717) is 11.1 Å². The highest BCUT2D eigenvalue weighted by Crippen LogP contribution is 2.39. The van der Waals surface area contributed by atoms with Crippen molar-refractivity contribution in [3.05, 3.63) is 16.1 Å². The van der Waals surface area contributed by atoms with Crippen molar-refractivity contribution in [3.8, 4) is 0 Å². The second-order valence-corrected chi connectivity index (χ2v) is 5.63. The van der Waals surface area contributed by atoms with E-state index in [1.165, 1.54) is 30.0 Å². The van der Waals surface area contributed by atoms with Crippen molar-refractivity contribution in [3.63, 3.8) is 0 Å². The van der Waals surface area contributed by atoms with E-state index in [-0.39, 0.29) is 0 Å². The molecule has 13 heavy (non-hydrogen) atoms. The van der Waals surface area contributed by atoms with E-state index in [0.717, 1.165) is 5.69 Å². The third-order valence-corrected chi connectivity index (χ3v) is 4.98. The predicted molar refractivity (Wildman–Crippen MR) is 60.7 cm³/mol. The molecule has 1 unspecified atom stereocenters. The molecular formula is C9H12ClNS2. The molecule has 1 aromatic rings. The number of thioether (sulfide) groups is 1. The topological polar surface area (TPSA) is 12.9 Å². The van der Waals surface area contributed by atoms with Crippen LogP contribution in [-0.2, 0) is 5.88 Å². The van der Waals surface area contributed by atoms with E-state index >= 15 is 0 Å². The van der Waals surface area contributed by atoms with Gasteiger partial charge in [0, 0.05) is 5.38 Å². The van der Waals surface area contributed by atoms with Crippen LogP contribution in [0, 0.1) is 0 Å². The van der Waals surface area contributed by atoms with Crippen molar-refractivity contribution in [2.45, 2.75) is 30.4 Å². The van der Waals surface area contributed by atoms with Gasteiger partial charge in [0.05, 0.1) is 16.8 Å². The van der Waals surface area contributed by atoms with Crippen LogP contribution >= 0.6 is 34.7 Å². The summed E-state index contributed by atoms with van der Waals surface area (Å²) in [6.45, 7) is 0. The van der Waals surface area contributed by atoms with Gasteiger partial charge in [-0.15, -0.1) is 22.9 Å². The van der Waals surface area contributed by atoms with Crippen LogP contribution in [0.15, 0.2) is 5.38 Å². The zero-order chi connectivity index (χ0) is 9.10. The predicted octanol–water partition coefficient (Wildman–Crippen LogP) is 3.84. The van der Waals surface area contributed by atoms with E-state index in [4.69, 9.17) is 11.6 Å². The molecule has 1 aliphatic rings. The van der Waals surface area contributed by atoms with Crippen molar-refractivity contribution in [2.24, 2.45) is 0 Å². The van der Waals surface area contributed by atoms with Crippen molar-refractivity contribution in [2.75, 3.05) is 5.75 Å².